The molecule has 0 atom stereocenters. The fourth-order valence-corrected chi connectivity index (χ4v) is 5.62. The van der Waals surface area contributed by atoms with E-state index in [-0.39, 0.29) is 60.9 Å². The zero-order chi connectivity index (χ0) is 40.0. The van der Waals surface area contributed by atoms with E-state index in [1.165, 1.54) is 0 Å². The summed E-state index contributed by atoms with van der Waals surface area (Å²) in [6.07, 6.45) is 3.22. The van der Waals surface area contributed by atoms with Gasteiger partial charge >= 0.3 is 17.9 Å². The predicted molar refractivity (Wildman–Crippen MR) is 206 cm³/mol. The fourth-order valence-electron chi connectivity index (χ4n) is 5.62. The lowest BCUT2D eigenvalue weighted by atomic mass is 9.89. The van der Waals surface area contributed by atoms with Crippen molar-refractivity contribution < 1.29 is 43.2 Å². The Hall–Kier alpha value is -5.66. The highest BCUT2D eigenvalue weighted by molar-refractivity contribution is 6.08. The number of carbonyl (C=O) groups excluding carboxylic acids is 3. The number of nitrogens with zero attached hydrogens (tertiary/aromatic N) is 2. The largest absolute Gasteiger partial charge is 0.492 e. The van der Waals surface area contributed by atoms with Gasteiger partial charge in [0.1, 0.15) is 35.8 Å². The van der Waals surface area contributed by atoms with Gasteiger partial charge in [-0.05, 0) is 98.9 Å². The Bertz CT molecular complexity index is 2060. The summed E-state index contributed by atoms with van der Waals surface area (Å²) >= 11 is 0. The molecule has 0 radical (unpaired) electrons. The number of benzene rings is 2. The van der Waals surface area contributed by atoms with Gasteiger partial charge in [0, 0.05) is 6.04 Å². The van der Waals surface area contributed by atoms with Crippen molar-refractivity contribution in [1.29, 1.82) is 0 Å². The van der Waals surface area contributed by atoms with Crippen LogP contribution in [0.4, 0.5) is 11.4 Å². The van der Waals surface area contributed by atoms with Gasteiger partial charge in [-0.1, -0.05) is 12.1 Å². The number of esters is 2. The topological polar surface area (TPSA) is 215 Å². The van der Waals surface area contributed by atoms with E-state index >= 15 is 0 Å². The van der Waals surface area contributed by atoms with Crippen LogP contribution in [0.5, 0.6) is 11.5 Å². The summed E-state index contributed by atoms with van der Waals surface area (Å²) in [5.41, 5.74) is 13.9. The standard InChI is InChI=1S/C22H29N3O4.C18H22N2O5/c1-5-28-20(26)17-13(2)24-15-10-7-11-16(18(15)19(17)23)29-12-22(3,4)21(27)25-14-8-6-9-14;1-5-24-16(21)13-10(2)20-11-7-6-8-12(14(11)15(13)19)25-9-18(3,4)17(22)23/h7,10-11,14H,5-6,8-9,12H2,1-4H3,(H2,23,24)(H,25,27);6-8H,5,9H2,1-4H3,(H2,19,20)(H,22,23). The number of aryl methyl sites for hydroxylation is 2. The second-order valence-electron chi connectivity index (χ2n) is 14.5. The van der Waals surface area contributed by atoms with Crippen LogP contribution in [0.1, 0.15) is 92.9 Å². The molecule has 0 saturated heterocycles. The Morgan fingerprint density at radius 1 is 0.759 bits per heavy atom. The Kier molecular flexibility index (Phi) is 12.9. The molecule has 14 heteroatoms. The molecular formula is C40H51N5O9. The van der Waals surface area contributed by atoms with Crippen molar-refractivity contribution in [2.45, 2.75) is 80.7 Å². The highest BCUT2D eigenvalue weighted by Crippen LogP contribution is 2.36. The van der Waals surface area contributed by atoms with E-state index in [1.807, 2.05) is 26.0 Å². The van der Waals surface area contributed by atoms with Gasteiger partial charge in [-0.3, -0.25) is 19.6 Å². The van der Waals surface area contributed by atoms with Gasteiger partial charge in [0.2, 0.25) is 5.91 Å². The molecule has 290 valence electrons. The summed E-state index contributed by atoms with van der Waals surface area (Å²) in [7, 11) is 0. The number of nitrogen functional groups attached to an aromatic ring is 2. The maximum Gasteiger partial charge on any atom is 0.342 e. The number of carboxylic acid groups (broad SMARTS) is 1. The number of carboxylic acids is 1. The van der Waals surface area contributed by atoms with Crippen LogP contribution in [-0.4, -0.2) is 71.4 Å². The number of pyridine rings is 2. The van der Waals surface area contributed by atoms with E-state index < -0.39 is 28.7 Å². The van der Waals surface area contributed by atoms with Gasteiger partial charge in [-0.2, -0.15) is 0 Å². The quantitative estimate of drug-likeness (QED) is 0.113. The maximum atomic E-state index is 12.6. The van der Waals surface area contributed by atoms with Crippen LogP contribution in [0.25, 0.3) is 21.8 Å². The molecule has 1 amide bonds. The molecule has 0 bridgehead atoms. The van der Waals surface area contributed by atoms with Crippen LogP contribution in [0, 0.1) is 24.7 Å². The molecule has 2 aromatic carbocycles. The minimum Gasteiger partial charge on any atom is -0.492 e. The van der Waals surface area contributed by atoms with Crippen molar-refractivity contribution in [3.8, 4) is 11.5 Å². The Labute approximate surface area is 314 Å². The Balaban J connectivity index is 0.000000244. The lowest BCUT2D eigenvalue weighted by Gasteiger charge is -2.31. The summed E-state index contributed by atoms with van der Waals surface area (Å²) in [5, 5.41) is 13.3. The van der Waals surface area contributed by atoms with Gasteiger partial charge in [0.15, 0.2) is 0 Å². The molecule has 14 nitrogen and oxygen atoms in total. The van der Waals surface area contributed by atoms with Crippen LogP contribution in [0.2, 0.25) is 0 Å². The van der Waals surface area contributed by atoms with E-state index in [4.69, 9.17) is 30.4 Å². The summed E-state index contributed by atoms with van der Waals surface area (Å²) < 4.78 is 21.9. The number of ether oxygens (including phenoxy) is 4. The van der Waals surface area contributed by atoms with E-state index in [0.29, 0.717) is 44.7 Å². The SMILES string of the molecule is CCOC(=O)c1c(C)nc2cccc(OCC(C)(C)C(=O)NC3CCC3)c2c1N.CCOC(=O)c1c(C)nc2cccc(OCC(C)(C)C(=O)O)c2c1N. The maximum absolute atomic E-state index is 12.6. The number of hydrogen-bond acceptors (Lipinski definition) is 12. The van der Waals surface area contributed by atoms with E-state index in [2.05, 4.69) is 15.3 Å². The summed E-state index contributed by atoms with van der Waals surface area (Å²) in [6.45, 7) is 14.3. The minimum atomic E-state index is -1.07. The number of amides is 1. The number of hydrogen-bond donors (Lipinski definition) is 4. The summed E-state index contributed by atoms with van der Waals surface area (Å²) in [4.78, 5) is 57.3. The number of rotatable bonds is 13. The average Bonchev–Trinajstić information content (AvgIpc) is 3.08. The first-order valence-electron chi connectivity index (χ1n) is 17.9. The number of carbonyl (C=O) groups is 4. The van der Waals surface area contributed by atoms with Crippen LogP contribution < -0.4 is 26.3 Å². The average molecular weight is 746 g/mol. The van der Waals surface area contributed by atoms with E-state index in [1.54, 1.807) is 65.8 Å². The molecule has 5 rings (SSSR count). The highest BCUT2D eigenvalue weighted by atomic mass is 16.5. The third-order valence-electron chi connectivity index (χ3n) is 9.16. The van der Waals surface area contributed by atoms with Crippen molar-refractivity contribution >= 4 is 57.0 Å². The molecular weight excluding hydrogens is 694 g/mol. The van der Waals surface area contributed by atoms with Gasteiger partial charge < -0.3 is 40.8 Å². The number of fused-ring (bicyclic) bond motifs is 2. The molecule has 2 aromatic heterocycles. The minimum absolute atomic E-state index is 0.0309. The van der Waals surface area contributed by atoms with Crippen LogP contribution >= 0.6 is 0 Å². The molecule has 2 heterocycles. The number of anilines is 2. The molecule has 1 fully saturated rings. The molecule has 54 heavy (non-hydrogen) atoms. The fraction of sp³-hybridized carbons (Fsp3) is 0.450. The molecule has 0 aliphatic heterocycles. The van der Waals surface area contributed by atoms with Crippen LogP contribution in [0.15, 0.2) is 36.4 Å². The van der Waals surface area contributed by atoms with Crippen molar-refractivity contribution in [1.82, 2.24) is 15.3 Å². The lowest BCUT2D eigenvalue weighted by molar-refractivity contribution is -0.148. The molecule has 4 aromatic rings. The van der Waals surface area contributed by atoms with Crippen molar-refractivity contribution in [3.63, 3.8) is 0 Å². The molecule has 0 unspecified atom stereocenters. The van der Waals surface area contributed by atoms with Crippen molar-refractivity contribution in [2.24, 2.45) is 10.8 Å². The first kappa shape index (κ1) is 41.1. The van der Waals surface area contributed by atoms with E-state index in [9.17, 15) is 24.3 Å². The molecule has 0 spiro atoms. The molecule has 1 aliphatic rings. The third-order valence-corrected chi connectivity index (χ3v) is 9.16. The second kappa shape index (κ2) is 17.0. The van der Waals surface area contributed by atoms with E-state index in [0.717, 1.165) is 19.3 Å². The monoisotopic (exact) mass is 745 g/mol. The smallest absolute Gasteiger partial charge is 0.342 e. The Morgan fingerprint density at radius 2 is 1.19 bits per heavy atom. The molecule has 6 N–H and O–H groups in total. The zero-order valence-electron chi connectivity index (χ0n) is 32.3. The highest BCUT2D eigenvalue weighted by Gasteiger charge is 2.33. The lowest BCUT2D eigenvalue weighted by Crippen LogP contribution is -2.47. The van der Waals surface area contributed by atoms with Crippen molar-refractivity contribution in [2.75, 3.05) is 37.9 Å². The molecule has 1 aliphatic carbocycles. The molecule has 1 saturated carbocycles. The van der Waals surface area contributed by atoms with Crippen LogP contribution in [0.3, 0.4) is 0 Å². The van der Waals surface area contributed by atoms with Gasteiger partial charge in [-0.25, -0.2) is 9.59 Å². The number of nitrogens with two attached hydrogens (primary N) is 2. The van der Waals surface area contributed by atoms with Gasteiger partial charge in [0.05, 0.1) is 68.6 Å². The van der Waals surface area contributed by atoms with Crippen molar-refractivity contribution in [3.05, 3.63) is 58.9 Å². The third kappa shape index (κ3) is 9.10. The number of aromatic nitrogens is 2. The van der Waals surface area contributed by atoms with Gasteiger partial charge in [-0.15, -0.1) is 0 Å². The second-order valence-corrected chi connectivity index (χ2v) is 14.5. The predicted octanol–water partition coefficient (Wildman–Crippen LogP) is 6.17. The number of nitrogens with one attached hydrogen (secondary N) is 1. The Morgan fingerprint density at radius 3 is 1.56 bits per heavy atom. The summed E-state index contributed by atoms with van der Waals surface area (Å²) in [5.74, 6) is -1.19. The first-order chi connectivity index (χ1) is 25.4. The zero-order valence-corrected chi connectivity index (χ0v) is 32.3. The van der Waals surface area contributed by atoms with Gasteiger partial charge in [0.25, 0.3) is 0 Å². The normalized spacial score (nSPS) is 13.0. The first-order valence-corrected chi connectivity index (χ1v) is 17.9. The van der Waals surface area contributed by atoms with Crippen LogP contribution in [-0.2, 0) is 19.1 Å². The number of aliphatic carboxylic acids is 1. The summed E-state index contributed by atoms with van der Waals surface area (Å²) in [6, 6.07) is 10.8.